The molecule has 0 unspecified atom stereocenters. The third-order valence-corrected chi connectivity index (χ3v) is 6.70. The van der Waals surface area contributed by atoms with Crippen molar-refractivity contribution in [3.8, 4) is 11.5 Å². The molecule has 1 N–H and O–H groups in total. The predicted molar refractivity (Wildman–Crippen MR) is 138 cm³/mol. The molecule has 0 fully saturated rings. The third kappa shape index (κ3) is 7.56. The first-order chi connectivity index (χ1) is 17.5. The Bertz CT molecular complexity index is 1220. The first-order valence-electron chi connectivity index (χ1n) is 11.5. The molecule has 13 heteroatoms. The number of rotatable bonds is 13. The molecule has 2 aromatic carbocycles. The van der Waals surface area contributed by atoms with Gasteiger partial charge in [0, 0.05) is 25.2 Å². The van der Waals surface area contributed by atoms with E-state index in [4.69, 9.17) is 9.47 Å². The van der Waals surface area contributed by atoms with Crippen LogP contribution >= 0.6 is 0 Å². The van der Waals surface area contributed by atoms with Crippen LogP contribution in [0.25, 0.3) is 0 Å². The maximum absolute atomic E-state index is 13.7. The Morgan fingerprint density at radius 3 is 2.22 bits per heavy atom. The largest absolute Gasteiger partial charge is 0.497 e. The summed E-state index contributed by atoms with van der Waals surface area (Å²) in [5.41, 5.74) is 0.152. The van der Waals surface area contributed by atoms with Crippen molar-refractivity contribution < 1.29 is 32.4 Å². The zero-order valence-electron chi connectivity index (χ0n) is 21.5. The van der Waals surface area contributed by atoms with Gasteiger partial charge in [0.1, 0.15) is 29.8 Å². The second-order valence-corrected chi connectivity index (χ2v) is 9.98. The molecule has 0 aliphatic heterocycles. The molecule has 0 saturated heterocycles. The average Bonchev–Trinajstić information content (AvgIpc) is 2.86. The lowest BCUT2D eigenvalue weighted by molar-refractivity contribution is -0.384. The van der Waals surface area contributed by atoms with Crippen LogP contribution in [0.2, 0.25) is 0 Å². The molecule has 0 bridgehead atoms. The molecular weight excluding hydrogens is 504 g/mol. The molecule has 202 valence electrons. The van der Waals surface area contributed by atoms with Crippen molar-refractivity contribution in [2.24, 2.45) is 0 Å². The van der Waals surface area contributed by atoms with Crippen molar-refractivity contribution in [2.75, 3.05) is 37.9 Å². The smallest absolute Gasteiger partial charge is 0.271 e. The summed E-state index contributed by atoms with van der Waals surface area (Å²) in [6.07, 6.45) is 1.15. The summed E-state index contributed by atoms with van der Waals surface area (Å²) in [5, 5.41) is 14.0. The lowest BCUT2D eigenvalue weighted by Crippen LogP contribution is -2.52. The molecule has 0 aromatic heterocycles. The molecule has 37 heavy (non-hydrogen) atoms. The monoisotopic (exact) mass is 536 g/mol. The first-order valence-corrected chi connectivity index (χ1v) is 13.3. The van der Waals surface area contributed by atoms with Crippen LogP contribution in [0.3, 0.4) is 0 Å². The van der Waals surface area contributed by atoms with Crippen molar-refractivity contribution in [1.82, 2.24) is 10.2 Å². The Balaban J connectivity index is 2.54. The average molecular weight is 537 g/mol. The molecule has 2 aromatic rings. The van der Waals surface area contributed by atoms with E-state index < -0.39 is 33.4 Å². The summed E-state index contributed by atoms with van der Waals surface area (Å²) in [6, 6.07) is 9.47. The number of methoxy groups -OCH3 is 2. The number of sulfonamides is 1. The number of nitrogens with one attached hydrogen (secondary N) is 1. The number of nitro benzene ring substituents is 1. The fraction of sp³-hybridized carbons (Fsp3) is 0.417. The first kappa shape index (κ1) is 29.4. The molecule has 0 radical (unpaired) electrons. The number of carbonyl (C=O) groups excluding carboxylic acids is 2. The lowest BCUT2D eigenvalue weighted by atomic mass is 10.1. The number of carbonyl (C=O) groups is 2. The van der Waals surface area contributed by atoms with Crippen LogP contribution in [-0.2, 0) is 26.2 Å². The highest BCUT2D eigenvalue weighted by molar-refractivity contribution is 7.92. The van der Waals surface area contributed by atoms with Gasteiger partial charge in [-0.2, -0.15) is 0 Å². The molecule has 1 atom stereocenters. The normalized spacial score (nSPS) is 11.8. The van der Waals surface area contributed by atoms with E-state index in [1.54, 1.807) is 38.1 Å². The van der Waals surface area contributed by atoms with Gasteiger partial charge in [0.15, 0.2) is 0 Å². The van der Waals surface area contributed by atoms with Crippen molar-refractivity contribution in [2.45, 2.75) is 32.9 Å². The number of likely N-dealkylation sites (N-methyl/N-ethyl adjacent to an activating group) is 1. The Morgan fingerprint density at radius 1 is 1.08 bits per heavy atom. The number of hydrogen-bond acceptors (Lipinski definition) is 8. The highest BCUT2D eigenvalue weighted by Crippen LogP contribution is 2.34. The fourth-order valence-electron chi connectivity index (χ4n) is 3.72. The van der Waals surface area contributed by atoms with E-state index in [2.05, 4.69) is 5.32 Å². The number of ether oxygens (including phenoxy) is 2. The predicted octanol–water partition coefficient (Wildman–Crippen LogP) is 2.32. The van der Waals surface area contributed by atoms with E-state index in [0.29, 0.717) is 17.9 Å². The maximum atomic E-state index is 13.7. The highest BCUT2D eigenvalue weighted by Gasteiger charge is 2.33. The number of amides is 2. The van der Waals surface area contributed by atoms with Crippen LogP contribution in [0.15, 0.2) is 42.5 Å². The molecule has 2 amide bonds. The standard InChI is InChI=1S/C24H32N4O8S/c1-6-20(24(30)25-7-2)26(15-17-8-11-19(35-3)12-9-17)23(29)16-27(37(5,33)34)21-14-18(28(31)32)10-13-22(21)36-4/h8-14,20H,6-7,15-16H2,1-5H3,(H,25,30)/t20-/m0/s1. The molecular formula is C24H32N4O8S. The summed E-state index contributed by atoms with van der Waals surface area (Å²) in [7, 11) is -1.29. The van der Waals surface area contributed by atoms with Crippen LogP contribution in [0.4, 0.5) is 11.4 Å². The van der Waals surface area contributed by atoms with E-state index in [-0.39, 0.29) is 36.0 Å². The maximum Gasteiger partial charge on any atom is 0.271 e. The number of nitrogens with zero attached hydrogens (tertiary/aromatic N) is 3. The zero-order chi connectivity index (χ0) is 27.8. The number of hydrogen-bond donors (Lipinski definition) is 1. The van der Waals surface area contributed by atoms with Gasteiger partial charge in [-0.3, -0.25) is 24.0 Å². The molecule has 0 aliphatic rings. The Labute approximate surface area is 216 Å². The van der Waals surface area contributed by atoms with Crippen molar-refractivity contribution >= 4 is 33.2 Å². The molecule has 0 spiro atoms. The van der Waals surface area contributed by atoms with Crippen molar-refractivity contribution in [1.29, 1.82) is 0 Å². The van der Waals surface area contributed by atoms with Gasteiger partial charge < -0.3 is 19.7 Å². The van der Waals surface area contributed by atoms with Crippen LogP contribution in [0.5, 0.6) is 11.5 Å². The third-order valence-electron chi connectivity index (χ3n) is 5.57. The van der Waals surface area contributed by atoms with Gasteiger partial charge in [0.2, 0.25) is 21.8 Å². The summed E-state index contributed by atoms with van der Waals surface area (Å²) >= 11 is 0. The number of nitro groups is 1. The van der Waals surface area contributed by atoms with E-state index in [1.165, 1.54) is 31.3 Å². The van der Waals surface area contributed by atoms with Gasteiger partial charge in [0.25, 0.3) is 5.69 Å². The molecule has 0 saturated carbocycles. The van der Waals surface area contributed by atoms with Crippen LogP contribution in [-0.4, -0.2) is 69.7 Å². The number of benzene rings is 2. The van der Waals surface area contributed by atoms with Gasteiger partial charge in [-0.15, -0.1) is 0 Å². The summed E-state index contributed by atoms with van der Waals surface area (Å²) in [5.74, 6) is -0.418. The summed E-state index contributed by atoms with van der Waals surface area (Å²) in [4.78, 5) is 38.5. The van der Waals surface area contributed by atoms with E-state index >= 15 is 0 Å². The molecule has 12 nitrogen and oxygen atoms in total. The van der Waals surface area contributed by atoms with E-state index in [9.17, 15) is 28.1 Å². The van der Waals surface area contributed by atoms with E-state index in [0.717, 1.165) is 16.6 Å². The van der Waals surface area contributed by atoms with Crippen LogP contribution in [0, 0.1) is 10.1 Å². The van der Waals surface area contributed by atoms with E-state index in [1.807, 2.05) is 0 Å². The van der Waals surface area contributed by atoms with Crippen molar-refractivity contribution in [3.63, 3.8) is 0 Å². The Morgan fingerprint density at radius 2 is 1.73 bits per heavy atom. The minimum absolute atomic E-state index is 0.0160. The zero-order valence-corrected chi connectivity index (χ0v) is 22.3. The Kier molecular flexibility index (Phi) is 10.2. The SMILES string of the molecule is CCNC(=O)[C@H](CC)N(Cc1ccc(OC)cc1)C(=O)CN(c1cc([N+](=O)[O-])ccc1OC)S(C)(=O)=O. The van der Waals surface area contributed by atoms with Crippen LogP contribution in [0.1, 0.15) is 25.8 Å². The van der Waals surface area contributed by atoms with Gasteiger partial charge in [-0.25, -0.2) is 8.42 Å². The number of non-ortho nitro benzene ring substituents is 1. The molecule has 0 aliphatic carbocycles. The minimum atomic E-state index is -4.10. The second-order valence-electron chi connectivity index (χ2n) is 8.07. The van der Waals surface area contributed by atoms with Crippen molar-refractivity contribution in [3.05, 3.63) is 58.1 Å². The molecule has 2 rings (SSSR count). The van der Waals surface area contributed by atoms with Gasteiger partial charge in [-0.1, -0.05) is 19.1 Å². The second kappa shape index (κ2) is 12.9. The topological polar surface area (TPSA) is 148 Å². The lowest BCUT2D eigenvalue weighted by Gasteiger charge is -2.33. The fourth-order valence-corrected chi connectivity index (χ4v) is 4.57. The van der Waals surface area contributed by atoms with Crippen LogP contribution < -0.4 is 19.1 Å². The quantitative estimate of drug-likeness (QED) is 0.303. The summed E-state index contributed by atoms with van der Waals surface area (Å²) in [6.45, 7) is 3.15. The van der Waals surface area contributed by atoms with Gasteiger partial charge in [-0.05, 0) is 37.1 Å². The minimum Gasteiger partial charge on any atom is -0.497 e. The Hall–Kier alpha value is -3.87. The molecule has 0 heterocycles. The summed E-state index contributed by atoms with van der Waals surface area (Å²) < 4.78 is 36.7. The van der Waals surface area contributed by atoms with Gasteiger partial charge >= 0.3 is 0 Å². The van der Waals surface area contributed by atoms with Gasteiger partial charge in [0.05, 0.1) is 25.4 Å². The highest BCUT2D eigenvalue weighted by atomic mass is 32.2. The number of anilines is 1.